The third-order valence-corrected chi connectivity index (χ3v) is 2.80. The van der Waals surface area contributed by atoms with E-state index in [1.807, 2.05) is 0 Å². The van der Waals surface area contributed by atoms with Crippen molar-refractivity contribution in [3.05, 3.63) is 46.0 Å². The molecule has 0 saturated carbocycles. The highest BCUT2D eigenvalue weighted by Gasteiger charge is 2.13. The number of non-ortho nitro benzene ring substituents is 1. The predicted octanol–water partition coefficient (Wildman–Crippen LogP) is 1.81. The molecule has 0 bridgehead atoms. The molecule has 1 aliphatic heterocycles. The topological polar surface area (TPSA) is 72.7 Å². The van der Waals surface area contributed by atoms with Gasteiger partial charge in [-0.1, -0.05) is 0 Å². The monoisotopic (exact) mass is 262 g/mol. The summed E-state index contributed by atoms with van der Waals surface area (Å²) >= 11 is 0. The van der Waals surface area contributed by atoms with E-state index in [1.54, 1.807) is 23.1 Å². The highest BCUT2D eigenvalue weighted by molar-refractivity contribution is 5.91. The van der Waals surface area contributed by atoms with Gasteiger partial charge in [-0.15, -0.1) is 0 Å². The van der Waals surface area contributed by atoms with E-state index >= 15 is 0 Å². The highest BCUT2D eigenvalue weighted by Crippen LogP contribution is 2.13. The van der Waals surface area contributed by atoms with Crippen LogP contribution in [0.2, 0.25) is 0 Å². The zero-order valence-electron chi connectivity index (χ0n) is 10.3. The van der Waals surface area contributed by atoms with Crippen molar-refractivity contribution in [1.82, 2.24) is 4.90 Å². The second-order valence-corrected chi connectivity index (χ2v) is 4.17. The summed E-state index contributed by atoms with van der Waals surface area (Å²) in [6.07, 6.45) is 3.94. The quantitative estimate of drug-likeness (QED) is 0.473. The fourth-order valence-electron chi connectivity index (χ4n) is 1.75. The van der Waals surface area contributed by atoms with Gasteiger partial charge < -0.3 is 9.64 Å². The molecule has 19 heavy (non-hydrogen) atoms. The van der Waals surface area contributed by atoms with Crippen LogP contribution in [0.3, 0.4) is 0 Å². The van der Waals surface area contributed by atoms with Crippen LogP contribution >= 0.6 is 0 Å². The van der Waals surface area contributed by atoms with Gasteiger partial charge in [-0.25, -0.2) is 0 Å². The van der Waals surface area contributed by atoms with E-state index < -0.39 is 4.92 Å². The molecule has 0 spiro atoms. The SMILES string of the molecule is O=C(C=Cc1ccc([N+](=O)[O-])cc1)N1CCCOC1. The van der Waals surface area contributed by atoms with Gasteiger partial charge in [0.05, 0.1) is 11.5 Å². The molecule has 100 valence electrons. The molecule has 0 atom stereocenters. The largest absolute Gasteiger partial charge is 0.361 e. The van der Waals surface area contributed by atoms with Gasteiger partial charge >= 0.3 is 0 Å². The average Bonchev–Trinajstić information content (AvgIpc) is 2.46. The molecule has 0 N–H and O–H groups in total. The first-order valence-electron chi connectivity index (χ1n) is 5.96. The van der Waals surface area contributed by atoms with Gasteiger partial charge in [-0.05, 0) is 30.2 Å². The minimum atomic E-state index is -0.455. The van der Waals surface area contributed by atoms with E-state index in [0.717, 1.165) is 12.0 Å². The summed E-state index contributed by atoms with van der Waals surface area (Å²) < 4.78 is 5.19. The number of rotatable bonds is 3. The van der Waals surface area contributed by atoms with E-state index in [9.17, 15) is 14.9 Å². The van der Waals surface area contributed by atoms with Gasteiger partial charge in [0.2, 0.25) is 5.91 Å². The molecule has 1 amide bonds. The number of nitro benzene ring substituents is 1. The molecule has 1 saturated heterocycles. The standard InChI is InChI=1S/C13H14N2O4/c16-13(14-8-1-9-19-10-14)7-4-11-2-5-12(6-3-11)15(17)18/h2-7H,1,8-10H2. The van der Waals surface area contributed by atoms with Crippen molar-refractivity contribution in [3.63, 3.8) is 0 Å². The smallest absolute Gasteiger partial charge is 0.269 e. The van der Waals surface area contributed by atoms with Crippen LogP contribution in [-0.2, 0) is 9.53 Å². The van der Waals surface area contributed by atoms with Gasteiger partial charge in [-0.2, -0.15) is 0 Å². The summed E-state index contributed by atoms with van der Waals surface area (Å²) in [4.78, 5) is 23.5. The molecule has 1 aromatic carbocycles. The Morgan fingerprint density at radius 2 is 2.11 bits per heavy atom. The number of amides is 1. The minimum Gasteiger partial charge on any atom is -0.361 e. The van der Waals surface area contributed by atoms with Crippen LogP contribution in [0.15, 0.2) is 30.3 Å². The Bertz CT molecular complexity index is 490. The molecule has 0 radical (unpaired) electrons. The number of carbonyl (C=O) groups is 1. The van der Waals surface area contributed by atoms with Crippen molar-refractivity contribution in [3.8, 4) is 0 Å². The number of benzene rings is 1. The van der Waals surface area contributed by atoms with Gasteiger partial charge in [0.15, 0.2) is 0 Å². The maximum absolute atomic E-state index is 11.8. The average molecular weight is 262 g/mol. The van der Waals surface area contributed by atoms with Crippen molar-refractivity contribution < 1.29 is 14.5 Å². The van der Waals surface area contributed by atoms with Crippen LogP contribution in [0.1, 0.15) is 12.0 Å². The lowest BCUT2D eigenvalue weighted by atomic mass is 10.2. The summed E-state index contributed by atoms with van der Waals surface area (Å²) in [5.41, 5.74) is 0.782. The first kappa shape index (κ1) is 13.2. The number of ether oxygens (including phenoxy) is 1. The molecule has 1 aromatic rings. The molecule has 2 rings (SSSR count). The Balaban J connectivity index is 1.97. The lowest BCUT2D eigenvalue weighted by Crippen LogP contribution is -2.37. The number of nitro groups is 1. The van der Waals surface area contributed by atoms with Crippen LogP contribution < -0.4 is 0 Å². The Kier molecular flexibility index (Phi) is 4.25. The van der Waals surface area contributed by atoms with Gasteiger partial charge in [0, 0.05) is 24.8 Å². The van der Waals surface area contributed by atoms with E-state index in [0.29, 0.717) is 19.9 Å². The molecule has 1 heterocycles. The third-order valence-electron chi connectivity index (χ3n) is 2.80. The Hall–Kier alpha value is -2.21. The van der Waals surface area contributed by atoms with Crippen molar-refractivity contribution in [2.75, 3.05) is 19.9 Å². The molecule has 1 fully saturated rings. The predicted molar refractivity (Wildman–Crippen MR) is 69.3 cm³/mol. The number of hydrogen-bond acceptors (Lipinski definition) is 4. The first-order valence-corrected chi connectivity index (χ1v) is 5.96. The Labute approximate surface area is 110 Å². The Morgan fingerprint density at radius 1 is 1.37 bits per heavy atom. The lowest BCUT2D eigenvalue weighted by Gasteiger charge is -2.25. The van der Waals surface area contributed by atoms with E-state index in [1.165, 1.54) is 18.2 Å². The fourth-order valence-corrected chi connectivity index (χ4v) is 1.75. The molecule has 0 aromatic heterocycles. The van der Waals surface area contributed by atoms with Crippen LogP contribution in [-0.4, -0.2) is 35.6 Å². The molecule has 0 unspecified atom stereocenters. The van der Waals surface area contributed by atoms with Crippen LogP contribution in [0.4, 0.5) is 5.69 Å². The van der Waals surface area contributed by atoms with E-state index in [4.69, 9.17) is 4.74 Å². The van der Waals surface area contributed by atoms with Gasteiger partial charge in [0.1, 0.15) is 6.73 Å². The van der Waals surface area contributed by atoms with Crippen molar-refractivity contribution >= 4 is 17.7 Å². The molecule has 0 aliphatic carbocycles. The summed E-state index contributed by atoms with van der Waals surface area (Å²) in [5.74, 6) is -0.113. The van der Waals surface area contributed by atoms with Gasteiger partial charge in [0.25, 0.3) is 5.69 Å². The molecular formula is C13H14N2O4. The molecular weight excluding hydrogens is 248 g/mol. The number of carbonyl (C=O) groups excluding carboxylic acids is 1. The van der Waals surface area contributed by atoms with E-state index in [-0.39, 0.29) is 11.6 Å². The van der Waals surface area contributed by atoms with Crippen molar-refractivity contribution in [2.24, 2.45) is 0 Å². The zero-order valence-corrected chi connectivity index (χ0v) is 10.3. The summed E-state index contributed by atoms with van der Waals surface area (Å²) in [6.45, 7) is 1.71. The Morgan fingerprint density at radius 3 is 2.68 bits per heavy atom. The maximum atomic E-state index is 11.8. The zero-order chi connectivity index (χ0) is 13.7. The minimum absolute atomic E-state index is 0.0351. The van der Waals surface area contributed by atoms with Gasteiger partial charge in [-0.3, -0.25) is 14.9 Å². The summed E-state index contributed by atoms with van der Waals surface area (Å²) in [5, 5.41) is 10.5. The van der Waals surface area contributed by atoms with Crippen LogP contribution in [0.5, 0.6) is 0 Å². The van der Waals surface area contributed by atoms with Crippen molar-refractivity contribution in [2.45, 2.75) is 6.42 Å². The molecule has 6 heteroatoms. The second kappa shape index (κ2) is 6.10. The number of nitrogens with zero attached hydrogens (tertiary/aromatic N) is 2. The first-order chi connectivity index (χ1) is 9.16. The number of hydrogen-bond donors (Lipinski definition) is 0. The maximum Gasteiger partial charge on any atom is 0.269 e. The summed E-state index contributed by atoms with van der Waals surface area (Å²) in [7, 11) is 0. The summed E-state index contributed by atoms with van der Waals surface area (Å²) in [6, 6.07) is 6.03. The van der Waals surface area contributed by atoms with Crippen LogP contribution in [0.25, 0.3) is 6.08 Å². The normalized spacial score (nSPS) is 15.7. The van der Waals surface area contributed by atoms with E-state index in [2.05, 4.69) is 0 Å². The molecule has 6 nitrogen and oxygen atoms in total. The fraction of sp³-hybridized carbons (Fsp3) is 0.308. The highest BCUT2D eigenvalue weighted by atomic mass is 16.6. The molecule has 1 aliphatic rings. The van der Waals surface area contributed by atoms with Crippen LogP contribution in [0, 0.1) is 10.1 Å². The second-order valence-electron chi connectivity index (χ2n) is 4.17. The van der Waals surface area contributed by atoms with Crippen molar-refractivity contribution in [1.29, 1.82) is 0 Å². The lowest BCUT2D eigenvalue weighted by molar-refractivity contribution is -0.384. The third kappa shape index (κ3) is 3.62.